The van der Waals surface area contributed by atoms with Crippen LogP contribution in [0, 0.1) is 0 Å². The standard InChI is InChI=1S/C16H23N3OS/c1-5-11(2)17-15(20)10-19(4)12(3)16-18-13-8-6-7-9-14(13)21-16/h6-9,11-12H,5,10H2,1-4H3,(H,17,20)/p+1/t11-,12+/m1/s1. The number of benzene rings is 1. The molecule has 1 aromatic heterocycles. The van der Waals surface area contributed by atoms with Gasteiger partial charge in [0.05, 0.1) is 17.3 Å². The van der Waals surface area contributed by atoms with Crippen molar-refractivity contribution in [1.29, 1.82) is 0 Å². The van der Waals surface area contributed by atoms with E-state index in [1.807, 2.05) is 32.2 Å². The summed E-state index contributed by atoms with van der Waals surface area (Å²) in [5.41, 5.74) is 1.04. The number of quaternary nitrogens is 1. The molecule has 0 fully saturated rings. The molecule has 0 bridgehead atoms. The summed E-state index contributed by atoms with van der Waals surface area (Å²) in [5.74, 6) is 0.106. The van der Waals surface area contributed by atoms with Gasteiger partial charge < -0.3 is 10.2 Å². The Bertz CT molecular complexity index is 577. The number of nitrogens with one attached hydrogen (secondary N) is 2. The van der Waals surface area contributed by atoms with Crippen LogP contribution in [0.3, 0.4) is 0 Å². The maximum absolute atomic E-state index is 12.0. The van der Waals surface area contributed by atoms with Crippen LogP contribution in [0.2, 0.25) is 0 Å². The quantitative estimate of drug-likeness (QED) is 0.855. The predicted molar refractivity (Wildman–Crippen MR) is 87.7 cm³/mol. The summed E-state index contributed by atoms with van der Waals surface area (Å²) < 4.78 is 1.20. The molecule has 0 aliphatic carbocycles. The van der Waals surface area contributed by atoms with Crippen LogP contribution in [-0.2, 0) is 4.79 Å². The Morgan fingerprint density at radius 3 is 2.76 bits per heavy atom. The highest BCUT2D eigenvalue weighted by molar-refractivity contribution is 7.18. The summed E-state index contributed by atoms with van der Waals surface area (Å²) in [6.45, 7) is 6.71. The van der Waals surface area contributed by atoms with Crippen LogP contribution >= 0.6 is 11.3 Å². The van der Waals surface area contributed by atoms with Crippen LogP contribution < -0.4 is 10.2 Å². The van der Waals surface area contributed by atoms with Gasteiger partial charge in [-0.25, -0.2) is 4.98 Å². The number of para-hydroxylation sites is 1. The topological polar surface area (TPSA) is 46.4 Å². The van der Waals surface area contributed by atoms with Crippen LogP contribution in [0.15, 0.2) is 24.3 Å². The van der Waals surface area contributed by atoms with Gasteiger partial charge in [-0.1, -0.05) is 19.1 Å². The minimum absolute atomic E-state index is 0.106. The molecule has 1 unspecified atom stereocenters. The Hall–Kier alpha value is -1.46. The summed E-state index contributed by atoms with van der Waals surface area (Å²) in [4.78, 5) is 17.8. The van der Waals surface area contributed by atoms with E-state index in [0.29, 0.717) is 6.54 Å². The lowest BCUT2D eigenvalue weighted by Crippen LogP contribution is -3.10. The van der Waals surface area contributed by atoms with E-state index >= 15 is 0 Å². The fraction of sp³-hybridized carbons (Fsp3) is 0.500. The highest BCUT2D eigenvalue weighted by atomic mass is 32.1. The van der Waals surface area contributed by atoms with Crippen molar-refractivity contribution >= 4 is 27.5 Å². The number of likely N-dealkylation sites (N-methyl/N-ethyl adjacent to an activating group) is 1. The van der Waals surface area contributed by atoms with Gasteiger partial charge in [0.2, 0.25) is 0 Å². The normalized spacial score (nSPS) is 15.6. The molecule has 0 spiro atoms. The lowest BCUT2D eigenvalue weighted by molar-refractivity contribution is -0.902. The van der Waals surface area contributed by atoms with Crippen molar-refractivity contribution in [3.8, 4) is 0 Å². The van der Waals surface area contributed by atoms with E-state index in [9.17, 15) is 4.79 Å². The first-order valence-corrected chi connectivity index (χ1v) is 8.30. The van der Waals surface area contributed by atoms with Crippen LogP contribution in [0.25, 0.3) is 10.2 Å². The Morgan fingerprint density at radius 1 is 1.38 bits per heavy atom. The number of rotatable bonds is 6. The number of hydrogen-bond acceptors (Lipinski definition) is 3. The molecule has 5 heteroatoms. The van der Waals surface area contributed by atoms with Crippen molar-refractivity contribution < 1.29 is 9.69 Å². The van der Waals surface area contributed by atoms with Gasteiger partial charge in [-0.05, 0) is 32.4 Å². The summed E-state index contributed by atoms with van der Waals surface area (Å²) in [6, 6.07) is 8.62. The Balaban J connectivity index is 2.01. The van der Waals surface area contributed by atoms with Crippen molar-refractivity contribution in [2.75, 3.05) is 13.6 Å². The van der Waals surface area contributed by atoms with Crippen LogP contribution in [0.5, 0.6) is 0 Å². The third kappa shape index (κ3) is 4.02. The largest absolute Gasteiger partial charge is 0.349 e. The third-order valence-electron chi connectivity index (χ3n) is 3.88. The smallest absolute Gasteiger partial charge is 0.275 e. The minimum atomic E-state index is 0.106. The average Bonchev–Trinajstić information content (AvgIpc) is 2.89. The lowest BCUT2D eigenvalue weighted by Gasteiger charge is -2.20. The van der Waals surface area contributed by atoms with Gasteiger partial charge in [0.1, 0.15) is 6.04 Å². The van der Waals surface area contributed by atoms with Crippen molar-refractivity contribution in [3.63, 3.8) is 0 Å². The van der Waals surface area contributed by atoms with Gasteiger partial charge in [0.25, 0.3) is 5.91 Å². The molecule has 0 aliphatic heterocycles. The van der Waals surface area contributed by atoms with Crippen molar-refractivity contribution in [2.24, 2.45) is 0 Å². The van der Waals surface area contributed by atoms with Gasteiger partial charge in [-0.3, -0.25) is 4.79 Å². The van der Waals surface area contributed by atoms with E-state index in [4.69, 9.17) is 0 Å². The second-order valence-electron chi connectivity index (χ2n) is 5.64. The predicted octanol–water partition coefficient (Wildman–Crippen LogP) is 1.79. The zero-order chi connectivity index (χ0) is 15.4. The average molecular weight is 306 g/mol. The number of thiazole rings is 1. The Morgan fingerprint density at radius 2 is 2.10 bits per heavy atom. The molecule has 1 heterocycles. The van der Waals surface area contributed by atoms with E-state index in [1.165, 1.54) is 4.70 Å². The SMILES string of the molecule is CC[C@@H](C)NC(=O)C[NH+](C)[C@@H](C)c1nc2ccccc2s1. The molecule has 0 radical (unpaired) electrons. The fourth-order valence-corrected chi connectivity index (χ4v) is 3.23. The minimum Gasteiger partial charge on any atom is -0.349 e. The maximum Gasteiger partial charge on any atom is 0.275 e. The highest BCUT2D eigenvalue weighted by Crippen LogP contribution is 2.24. The highest BCUT2D eigenvalue weighted by Gasteiger charge is 2.22. The number of aromatic nitrogens is 1. The fourth-order valence-electron chi connectivity index (χ4n) is 2.12. The molecule has 4 nitrogen and oxygen atoms in total. The number of hydrogen-bond donors (Lipinski definition) is 2. The summed E-state index contributed by atoms with van der Waals surface area (Å²) in [5, 5.41) is 4.10. The Labute approximate surface area is 130 Å². The van der Waals surface area contributed by atoms with Crippen molar-refractivity contribution in [2.45, 2.75) is 39.3 Å². The van der Waals surface area contributed by atoms with E-state index in [1.54, 1.807) is 11.3 Å². The first kappa shape index (κ1) is 15.9. The molecule has 114 valence electrons. The number of fused-ring (bicyclic) bond motifs is 1. The van der Waals surface area contributed by atoms with Crippen molar-refractivity contribution in [3.05, 3.63) is 29.3 Å². The van der Waals surface area contributed by atoms with Crippen LogP contribution in [0.4, 0.5) is 0 Å². The molecule has 1 aromatic carbocycles. The van der Waals surface area contributed by atoms with Gasteiger partial charge in [-0.2, -0.15) is 0 Å². The van der Waals surface area contributed by atoms with Gasteiger partial charge in [-0.15, -0.1) is 11.3 Å². The molecule has 21 heavy (non-hydrogen) atoms. The molecule has 0 saturated carbocycles. The molecule has 2 rings (SSSR count). The second-order valence-corrected chi connectivity index (χ2v) is 6.70. The summed E-state index contributed by atoms with van der Waals surface area (Å²) in [7, 11) is 2.05. The lowest BCUT2D eigenvalue weighted by atomic mass is 10.2. The molecule has 2 N–H and O–H groups in total. The second kappa shape index (κ2) is 7.00. The van der Waals surface area contributed by atoms with E-state index in [-0.39, 0.29) is 18.0 Å². The molecule has 3 atom stereocenters. The van der Waals surface area contributed by atoms with Gasteiger partial charge in [0.15, 0.2) is 11.6 Å². The summed E-state index contributed by atoms with van der Waals surface area (Å²) >= 11 is 1.72. The maximum atomic E-state index is 12.0. The number of carbonyl (C=O) groups is 1. The van der Waals surface area contributed by atoms with Crippen molar-refractivity contribution in [1.82, 2.24) is 10.3 Å². The van der Waals surface area contributed by atoms with E-state index in [2.05, 4.69) is 30.2 Å². The first-order valence-electron chi connectivity index (χ1n) is 7.48. The van der Waals surface area contributed by atoms with Gasteiger partial charge in [0, 0.05) is 6.04 Å². The molecular formula is C16H24N3OS+. The monoisotopic (exact) mass is 306 g/mol. The molecule has 0 aliphatic rings. The number of carbonyl (C=O) groups excluding carboxylic acids is 1. The third-order valence-corrected chi connectivity index (χ3v) is 5.10. The van der Waals surface area contributed by atoms with Gasteiger partial charge >= 0.3 is 0 Å². The Kier molecular flexibility index (Phi) is 5.31. The molecular weight excluding hydrogens is 282 g/mol. The zero-order valence-corrected chi connectivity index (χ0v) is 14.0. The summed E-state index contributed by atoms with van der Waals surface area (Å²) in [6.07, 6.45) is 0.957. The molecule has 1 amide bonds. The first-order chi connectivity index (χ1) is 10.0. The van der Waals surface area contributed by atoms with Crippen LogP contribution in [-0.4, -0.2) is 30.5 Å². The molecule has 0 saturated heterocycles. The van der Waals surface area contributed by atoms with Crippen LogP contribution in [0.1, 0.15) is 38.2 Å². The molecule has 2 aromatic rings. The van der Waals surface area contributed by atoms with E-state index in [0.717, 1.165) is 21.8 Å². The number of amides is 1. The zero-order valence-electron chi connectivity index (χ0n) is 13.1. The number of nitrogens with zero attached hydrogens (tertiary/aromatic N) is 1. The van der Waals surface area contributed by atoms with E-state index < -0.39 is 0 Å².